The fourth-order valence-electron chi connectivity index (χ4n) is 2.60. The van der Waals surface area contributed by atoms with Crippen LogP contribution in [0.1, 0.15) is 32.1 Å². The molecule has 1 aromatic carbocycles. The minimum absolute atomic E-state index is 0.116. The van der Waals surface area contributed by atoms with Crippen molar-refractivity contribution in [2.75, 3.05) is 5.32 Å². The van der Waals surface area contributed by atoms with E-state index in [1.807, 2.05) is 0 Å². The van der Waals surface area contributed by atoms with E-state index in [4.69, 9.17) is 5.14 Å². The fourth-order valence-corrected chi connectivity index (χ4v) is 3.30. The molecule has 1 saturated carbocycles. The first-order valence-corrected chi connectivity index (χ1v) is 8.28. The summed E-state index contributed by atoms with van der Waals surface area (Å²) in [6.07, 6.45) is 3.62. The number of carbonyl (C=O) groups is 1. The van der Waals surface area contributed by atoms with Crippen molar-refractivity contribution < 1.29 is 13.2 Å². The van der Waals surface area contributed by atoms with Crippen molar-refractivity contribution in [2.45, 2.75) is 37.0 Å². The van der Waals surface area contributed by atoms with E-state index < -0.39 is 21.3 Å². The van der Waals surface area contributed by atoms with Crippen molar-refractivity contribution >= 4 is 21.6 Å². The fraction of sp³-hybridized carbons (Fsp3) is 0.429. The third-order valence-electron chi connectivity index (χ3n) is 3.80. The summed E-state index contributed by atoms with van der Waals surface area (Å²) in [5.74, 6) is -0.458. The Labute approximate surface area is 124 Å². The number of primary sulfonamides is 1. The number of para-hydroxylation sites is 1. The van der Waals surface area contributed by atoms with Crippen LogP contribution in [0.2, 0.25) is 0 Å². The third kappa shape index (κ3) is 3.23. The van der Waals surface area contributed by atoms with Gasteiger partial charge in [0.25, 0.3) is 0 Å². The van der Waals surface area contributed by atoms with Crippen LogP contribution < -0.4 is 10.5 Å². The highest BCUT2D eigenvalue weighted by molar-refractivity contribution is 7.89. The number of sulfonamides is 1. The molecule has 112 valence electrons. The van der Waals surface area contributed by atoms with Gasteiger partial charge in [0.1, 0.15) is 10.3 Å². The SMILES string of the molecule is N#CC1(C(=O)Nc2ccccc2S(N)(=O)=O)CCCCC1. The number of benzene rings is 1. The molecular weight excluding hydrogens is 290 g/mol. The van der Waals surface area contributed by atoms with E-state index in [0.29, 0.717) is 12.8 Å². The smallest absolute Gasteiger partial charge is 0.244 e. The van der Waals surface area contributed by atoms with Gasteiger partial charge in [-0.05, 0) is 25.0 Å². The summed E-state index contributed by atoms with van der Waals surface area (Å²) in [6, 6.07) is 8.02. The molecule has 0 unspecified atom stereocenters. The van der Waals surface area contributed by atoms with E-state index in [1.165, 1.54) is 18.2 Å². The Hall–Kier alpha value is -1.91. The predicted molar refractivity (Wildman–Crippen MR) is 77.6 cm³/mol. The first-order chi connectivity index (χ1) is 9.89. The van der Waals surface area contributed by atoms with Crippen LogP contribution in [0.25, 0.3) is 0 Å². The van der Waals surface area contributed by atoms with Crippen LogP contribution in [0.5, 0.6) is 0 Å². The van der Waals surface area contributed by atoms with E-state index in [-0.39, 0.29) is 10.6 Å². The van der Waals surface area contributed by atoms with Gasteiger partial charge in [0.15, 0.2) is 0 Å². The standard InChI is InChI=1S/C14H17N3O3S/c15-10-14(8-4-1-5-9-14)13(18)17-11-6-2-3-7-12(11)21(16,19)20/h2-3,6-7H,1,4-5,8-9H2,(H,17,18)(H2,16,19,20). The van der Waals surface area contributed by atoms with E-state index in [1.54, 1.807) is 6.07 Å². The lowest BCUT2D eigenvalue weighted by molar-refractivity contribution is -0.124. The average molecular weight is 307 g/mol. The number of nitrogens with zero attached hydrogens (tertiary/aromatic N) is 1. The average Bonchev–Trinajstić information content (AvgIpc) is 2.47. The molecule has 6 nitrogen and oxygen atoms in total. The van der Waals surface area contributed by atoms with Gasteiger partial charge in [0.05, 0.1) is 11.8 Å². The zero-order chi connectivity index (χ0) is 15.5. The maximum atomic E-state index is 12.4. The Morgan fingerprint density at radius 3 is 2.43 bits per heavy atom. The highest BCUT2D eigenvalue weighted by Gasteiger charge is 2.40. The lowest BCUT2D eigenvalue weighted by atomic mass is 9.74. The van der Waals surface area contributed by atoms with Gasteiger partial charge in [-0.1, -0.05) is 31.4 Å². The van der Waals surface area contributed by atoms with E-state index in [2.05, 4.69) is 11.4 Å². The second kappa shape index (κ2) is 5.84. The Kier molecular flexibility index (Phi) is 4.30. The zero-order valence-electron chi connectivity index (χ0n) is 11.5. The molecule has 0 aliphatic heterocycles. The summed E-state index contributed by atoms with van der Waals surface area (Å²) in [5, 5.41) is 17.1. The molecule has 0 atom stereocenters. The van der Waals surface area contributed by atoms with Gasteiger partial charge >= 0.3 is 0 Å². The van der Waals surface area contributed by atoms with Crippen molar-refractivity contribution in [3.05, 3.63) is 24.3 Å². The van der Waals surface area contributed by atoms with Crippen molar-refractivity contribution in [2.24, 2.45) is 10.6 Å². The van der Waals surface area contributed by atoms with Crippen LogP contribution in [0.15, 0.2) is 29.2 Å². The maximum Gasteiger partial charge on any atom is 0.244 e. The molecule has 1 amide bonds. The Balaban J connectivity index is 2.30. The van der Waals surface area contributed by atoms with Gasteiger partial charge in [0, 0.05) is 0 Å². The zero-order valence-corrected chi connectivity index (χ0v) is 12.3. The van der Waals surface area contributed by atoms with Crippen molar-refractivity contribution in [1.82, 2.24) is 0 Å². The maximum absolute atomic E-state index is 12.4. The van der Waals surface area contributed by atoms with Crippen molar-refractivity contribution in [3.63, 3.8) is 0 Å². The van der Waals surface area contributed by atoms with Gasteiger partial charge in [-0.3, -0.25) is 4.79 Å². The molecule has 2 rings (SSSR count). The highest BCUT2D eigenvalue weighted by atomic mass is 32.2. The lowest BCUT2D eigenvalue weighted by Gasteiger charge is -2.29. The van der Waals surface area contributed by atoms with Crippen LogP contribution in [0, 0.1) is 16.7 Å². The second-order valence-corrected chi connectivity index (χ2v) is 6.78. The largest absolute Gasteiger partial charge is 0.323 e. The van der Waals surface area contributed by atoms with Crippen LogP contribution in [0.4, 0.5) is 5.69 Å². The monoisotopic (exact) mass is 307 g/mol. The predicted octanol–water partition coefficient (Wildman–Crippen LogP) is 1.75. The van der Waals surface area contributed by atoms with Gasteiger partial charge in [0.2, 0.25) is 15.9 Å². The van der Waals surface area contributed by atoms with Gasteiger partial charge < -0.3 is 5.32 Å². The minimum Gasteiger partial charge on any atom is -0.323 e. The van der Waals surface area contributed by atoms with E-state index in [0.717, 1.165) is 19.3 Å². The topological polar surface area (TPSA) is 113 Å². The molecule has 1 aromatic rings. The second-order valence-electron chi connectivity index (χ2n) is 5.25. The molecule has 0 radical (unpaired) electrons. The Bertz CT molecular complexity index is 686. The van der Waals surface area contributed by atoms with Crippen molar-refractivity contribution in [3.8, 4) is 6.07 Å². The third-order valence-corrected chi connectivity index (χ3v) is 4.77. The number of carbonyl (C=O) groups excluding carboxylic acids is 1. The molecule has 0 saturated heterocycles. The molecule has 1 fully saturated rings. The lowest BCUT2D eigenvalue weighted by Crippen LogP contribution is -2.37. The number of rotatable bonds is 3. The summed E-state index contributed by atoms with van der Waals surface area (Å²) in [5.41, 5.74) is -0.964. The van der Waals surface area contributed by atoms with Crippen LogP contribution in [-0.2, 0) is 14.8 Å². The van der Waals surface area contributed by atoms with Crippen molar-refractivity contribution in [1.29, 1.82) is 5.26 Å². The highest BCUT2D eigenvalue weighted by Crippen LogP contribution is 2.37. The molecule has 3 N–H and O–H groups in total. The molecule has 0 aromatic heterocycles. The number of amides is 1. The summed E-state index contributed by atoms with van der Waals surface area (Å²) in [4.78, 5) is 12.3. The van der Waals surface area contributed by atoms with Crippen LogP contribution in [0.3, 0.4) is 0 Å². The van der Waals surface area contributed by atoms with Gasteiger partial charge in [-0.2, -0.15) is 5.26 Å². The molecule has 1 aliphatic carbocycles. The summed E-state index contributed by atoms with van der Waals surface area (Å²) < 4.78 is 23.0. The Morgan fingerprint density at radius 1 is 1.24 bits per heavy atom. The number of hydrogen-bond donors (Lipinski definition) is 2. The van der Waals surface area contributed by atoms with Gasteiger partial charge in [-0.25, -0.2) is 13.6 Å². The first-order valence-electron chi connectivity index (χ1n) is 6.74. The molecule has 0 spiro atoms. The number of anilines is 1. The quantitative estimate of drug-likeness (QED) is 0.885. The summed E-state index contributed by atoms with van der Waals surface area (Å²) in [7, 11) is -3.93. The minimum atomic E-state index is -3.93. The van der Waals surface area contributed by atoms with Crippen LogP contribution in [-0.4, -0.2) is 14.3 Å². The number of nitriles is 1. The van der Waals surface area contributed by atoms with E-state index >= 15 is 0 Å². The van der Waals surface area contributed by atoms with Gasteiger partial charge in [-0.15, -0.1) is 0 Å². The number of nitrogens with two attached hydrogens (primary N) is 1. The summed E-state index contributed by atoms with van der Waals surface area (Å²) >= 11 is 0. The molecule has 0 heterocycles. The normalized spacial score (nSPS) is 17.7. The number of hydrogen-bond acceptors (Lipinski definition) is 4. The summed E-state index contributed by atoms with van der Waals surface area (Å²) in [6.45, 7) is 0. The molecular formula is C14H17N3O3S. The molecule has 0 bridgehead atoms. The molecule has 21 heavy (non-hydrogen) atoms. The number of nitrogens with one attached hydrogen (secondary N) is 1. The van der Waals surface area contributed by atoms with E-state index in [9.17, 15) is 18.5 Å². The molecule has 1 aliphatic rings. The Morgan fingerprint density at radius 2 is 1.86 bits per heavy atom. The van der Waals surface area contributed by atoms with Crippen LogP contribution >= 0.6 is 0 Å². The first kappa shape index (κ1) is 15.5. The molecule has 7 heteroatoms.